The van der Waals surface area contributed by atoms with Crippen LogP contribution in [0.4, 0.5) is 5.82 Å². The molecular weight excluding hydrogens is 378 g/mol. The van der Waals surface area contributed by atoms with Crippen molar-refractivity contribution in [3.05, 3.63) is 41.7 Å². The summed E-state index contributed by atoms with van der Waals surface area (Å²) in [6.07, 6.45) is 1.61. The topological polar surface area (TPSA) is 121 Å². The summed E-state index contributed by atoms with van der Waals surface area (Å²) in [5, 5.41) is 12.7. The van der Waals surface area contributed by atoms with Gasteiger partial charge in [0.05, 0.1) is 12.6 Å². The van der Waals surface area contributed by atoms with Crippen LogP contribution < -0.4 is 5.32 Å². The lowest BCUT2D eigenvalue weighted by molar-refractivity contribution is 0.273. The van der Waals surface area contributed by atoms with Crippen molar-refractivity contribution >= 4 is 26.8 Å². The van der Waals surface area contributed by atoms with Crippen LogP contribution >= 0.6 is 0 Å². The predicted molar refractivity (Wildman–Crippen MR) is 108 cm³/mol. The minimum atomic E-state index is -3.62. The quantitative estimate of drug-likeness (QED) is 0.539. The van der Waals surface area contributed by atoms with Crippen LogP contribution in [0.25, 0.3) is 11.2 Å². The highest BCUT2D eigenvalue weighted by Crippen LogP contribution is 2.26. The second-order valence-corrected chi connectivity index (χ2v) is 9.78. The molecule has 2 heterocycles. The van der Waals surface area contributed by atoms with Gasteiger partial charge in [0.25, 0.3) is 5.16 Å². The molecule has 0 aliphatic rings. The second kappa shape index (κ2) is 7.48. The van der Waals surface area contributed by atoms with E-state index in [4.69, 9.17) is 0 Å². The Bertz CT molecular complexity index is 1070. The highest BCUT2D eigenvalue weighted by molar-refractivity contribution is 7.90. The van der Waals surface area contributed by atoms with Crippen LogP contribution in [0, 0.1) is 0 Å². The third kappa shape index (κ3) is 4.48. The average molecular weight is 404 g/mol. The van der Waals surface area contributed by atoms with Gasteiger partial charge < -0.3 is 15.4 Å². The molecule has 0 amide bonds. The summed E-state index contributed by atoms with van der Waals surface area (Å²) < 4.78 is 24.1. The monoisotopic (exact) mass is 403 g/mol. The zero-order chi connectivity index (χ0) is 20.5. The lowest BCUT2D eigenvalue weighted by Crippen LogP contribution is -2.27. The van der Waals surface area contributed by atoms with E-state index in [0.29, 0.717) is 23.6 Å². The normalized spacial score (nSPS) is 13.6. The van der Waals surface area contributed by atoms with Crippen LogP contribution in [0.5, 0.6) is 0 Å². The van der Waals surface area contributed by atoms with Crippen LogP contribution in [0.1, 0.15) is 32.2 Å². The fraction of sp³-hybridized carbons (Fsp3) is 0.421. The lowest BCUT2D eigenvalue weighted by atomic mass is 9.96. The van der Waals surface area contributed by atoms with Gasteiger partial charge in [-0.2, -0.15) is 9.97 Å². The number of hydrogen-bond donors (Lipinski definition) is 3. The summed E-state index contributed by atoms with van der Waals surface area (Å²) in [5.74, 6) is 0.984. The first-order valence-corrected chi connectivity index (χ1v) is 10.9. The lowest BCUT2D eigenvalue weighted by Gasteiger charge is -2.18. The fourth-order valence-electron chi connectivity index (χ4n) is 2.76. The zero-order valence-corrected chi connectivity index (χ0v) is 17.2. The van der Waals surface area contributed by atoms with Crippen molar-refractivity contribution in [1.82, 2.24) is 19.9 Å². The van der Waals surface area contributed by atoms with E-state index in [1.807, 2.05) is 51.1 Å². The minimum absolute atomic E-state index is 0.144. The SMILES string of the molecule is CC(C)(C)c1nc2nc(S(C)(=O)=O)nc(NC(CO)Cc3ccccc3)c2[nH]1. The standard InChI is InChI=1S/C19H25N5O3S/c1-19(2,3)17-21-14-15(23-18(28(4,26)27)24-16(14)22-17)20-13(11-25)10-12-8-6-5-7-9-12/h5-9,13,25H,10-11H2,1-4H3,(H2,20,21,22,23,24). The van der Waals surface area contributed by atoms with Crippen molar-refractivity contribution in [2.24, 2.45) is 0 Å². The molecule has 150 valence electrons. The van der Waals surface area contributed by atoms with Gasteiger partial charge in [-0.1, -0.05) is 51.1 Å². The van der Waals surface area contributed by atoms with Crippen LogP contribution in [0.2, 0.25) is 0 Å². The fourth-order valence-corrected chi connectivity index (χ4v) is 3.27. The van der Waals surface area contributed by atoms with E-state index in [-0.39, 0.29) is 28.9 Å². The Kier molecular flexibility index (Phi) is 5.40. The van der Waals surface area contributed by atoms with E-state index < -0.39 is 9.84 Å². The molecule has 0 saturated heterocycles. The third-order valence-electron chi connectivity index (χ3n) is 4.26. The molecule has 0 saturated carbocycles. The van der Waals surface area contributed by atoms with E-state index >= 15 is 0 Å². The number of fused-ring (bicyclic) bond motifs is 1. The number of benzene rings is 1. The van der Waals surface area contributed by atoms with Gasteiger partial charge in [-0.05, 0) is 12.0 Å². The third-order valence-corrected chi connectivity index (χ3v) is 5.10. The van der Waals surface area contributed by atoms with Gasteiger partial charge in [0.1, 0.15) is 11.3 Å². The minimum Gasteiger partial charge on any atom is -0.394 e. The summed E-state index contributed by atoms with van der Waals surface area (Å²) in [6, 6.07) is 9.37. The first-order chi connectivity index (χ1) is 13.1. The first-order valence-electron chi connectivity index (χ1n) is 8.97. The van der Waals surface area contributed by atoms with Crippen molar-refractivity contribution in [2.45, 2.75) is 43.8 Å². The molecule has 0 radical (unpaired) electrons. The molecule has 1 aromatic carbocycles. The van der Waals surface area contributed by atoms with Crippen molar-refractivity contribution in [3.8, 4) is 0 Å². The summed E-state index contributed by atoms with van der Waals surface area (Å²) in [6.45, 7) is 5.84. The van der Waals surface area contributed by atoms with E-state index in [2.05, 4.69) is 25.3 Å². The Labute approximate surface area is 164 Å². The van der Waals surface area contributed by atoms with Gasteiger partial charge in [0, 0.05) is 11.7 Å². The highest BCUT2D eigenvalue weighted by atomic mass is 32.2. The molecule has 0 bridgehead atoms. The maximum absolute atomic E-state index is 12.0. The number of H-pyrrole nitrogens is 1. The number of anilines is 1. The molecule has 1 atom stereocenters. The number of aliphatic hydroxyl groups excluding tert-OH is 1. The van der Waals surface area contributed by atoms with E-state index in [1.165, 1.54) is 0 Å². The van der Waals surface area contributed by atoms with Gasteiger partial charge in [-0.15, -0.1) is 0 Å². The van der Waals surface area contributed by atoms with Gasteiger partial charge in [-0.3, -0.25) is 0 Å². The summed E-state index contributed by atoms with van der Waals surface area (Å²) in [4.78, 5) is 16.0. The molecule has 2 aromatic heterocycles. The smallest absolute Gasteiger partial charge is 0.250 e. The molecule has 3 aromatic rings. The second-order valence-electron chi connectivity index (χ2n) is 7.87. The molecule has 9 heteroatoms. The number of nitrogens with zero attached hydrogens (tertiary/aromatic N) is 3. The van der Waals surface area contributed by atoms with Crippen molar-refractivity contribution in [2.75, 3.05) is 18.2 Å². The van der Waals surface area contributed by atoms with Gasteiger partial charge in [0.15, 0.2) is 11.5 Å². The highest BCUT2D eigenvalue weighted by Gasteiger charge is 2.24. The van der Waals surface area contributed by atoms with E-state index in [1.54, 1.807) is 0 Å². The number of aromatic amines is 1. The number of imidazole rings is 1. The van der Waals surface area contributed by atoms with Gasteiger partial charge in [0.2, 0.25) is 9.84 Å². The van der Waals surface area contributed by atoms with Crippen molar-refractivity contribution in [3.63, 3.8) is 0 Å². The first kappa shape index (κ1) is 20.2. The molecule has 28 heavy (non-hydrogen) atoms. The van der Waals surface area contributed by atoms with Crippen LogP contribution in [0.15, 0.2) is 35.5 Å². The van der Waals surface area contributed by atoms with Crippen LogP contribution in [0.3, 0.4) is 0 Å². The molecule has 0 spiro atoms. The number of nitrogens with one attached hydrogen (secondary N) is 2. The largest absolute Gasteiger partial charge is 0.394 e. The number of aromatic nitrogens is 4. The Morgan fingerprint density at radius 1 is 1.14 bits per heavy atom. The molecule has 0 fully saturated rings. The van der Waals surface area contributed by atoms with E-state index in [0.717, 1.165) is 11.8 Å². The van der Waals surface area contributed by atoms with Crippen molar-refractivity contribution in [1.29, 1.82) is 0 Å². The summed E-state index contributed by atoms with van der Waals surface area (Å²) in [7, 11) is -3.62. The Hall–Kier alpha value is -2.52. The number of hydrogen-bond acceptors (Lipinski definition) is 7. The predicted octanol–water partition coefficient (Wildman–Crippen LogP) is 2.07. The zero-order valence-electron chi connectivity index (χ0n) is 16.4. The maximum Gasteiger partial charge on any atom is 0.250 e. The number of sulfone groups is 1. The molecule has 3 N–H and O–H groups in total. The average Bonchev–Trinajstić information content (AvgIpc) is 3.06. The van der Waals surface area contributed by atoms with Crippen molar-refractivity contribution < 1.29 is 13.5 Å². The maximum atomic E-state index is 12.0. The molecule has 8 nitrogen and oxygen atoms in total. The van der Waals surface area contributed by atoms with Crippen LogP contribution in [-0.2, 0) is 21.7 Å². The molecule has 0 aliphatic heterocycles. The van der Waals surface area contributed by atoms with Gasteiger partial charge in [-0.25, -0.2) is 13.4 Å². The van der Waals surface area contributed by atoms with Crippen LogP contribution in [-0.4, -0.2) is 52.4 Å². The molecular formula is C19H25N5O3S. The molecule has 1 unspecified atom stereocenters. The Balaban J connectivity index is 2.05. The number of rotatable bonds is 6. The Morgan fingerprint density at radius 3 is 2.39 bits per heavy atom. The molecule has 3 rings (SSSR count). The summed E-state index contributed by atoms with van der Waals surface area (Å²) >= 11 is 0. The van der Waals surface area contributed by atoms with Gasteiger partial charge >= 0.3 is 0 Å². The van der Waals surface area contributed by atoms with E-state index in [9.17, 15) is 13.5 Å². The number of aliphatic hydroxyl groups is 1. The Morgan fingerprint density at radius 2 is 1.82 bits per heavy atom. The summed E-state index contributed by atoms with van der Waals surface area (Å²) in [5.41, 5.74) is 1.56. The molecule has 0 aliphatic carbocycles.